The fourth-order valence-electron chi connectivity index (χ4n) is 2.71. The Kier molecular flexibility index (Phi) is 3.53. The number of carbonyl (C=O) groups excluding carboxylic acids is 1. The maximum absolute atomic E-state index is 12.5. The van der Waals surface area contributed by atoms with E-state index in [2.05, 4.69) is 21.4 Å². The lowest BCUT2D eigenvalue weighted by atomic mass is 9.86. The van der Waals surface area contributed by atoms with Gasteiger partial charge in [-0.1, -0.05) is 6.07 Å². The number of pyridine rings is 1. The molecule has 1 atom stereocenters. The molecule has 0 aliphatic heterocycles. The maximum Gasteiger partial charge on any atom is 0.234 e. The van der Waals surface area contributed by atoms with Crippen LogP contribution in [-0.4, -0.2) is 15.9 Å². The monoisotopic (exact) mass is 287 g/mol. The van der Waals surface area contributed by atoms with Crippen LogP contribution in [0.25, 0.3) is 0 Å². The molecule has 1 amide bonds. The summed E-state index contributed by atoms with van der Waals surface area (Å²) in [4.78, 5) is 21.3. The number of hydrogen-bond donors (Lipinski definition) is 1. The Balaban J connectivity index is 1.83. The molecule has 0 aromatic carbocycles. The fourth-order valence-corrected chi connectivity index (χ4v) is 3.53. The zero-order chi connectivity index (χ0) is 14.1. The van der Waals surface area contributed by atoms with Gasteiger partial charge in [-0.2, -0.15) is 0 Å². The van der Waals surface area contributed by atoms with Crippen LogP contribution in [0.1, 0.15) is 40.7 Å². The first-order chi connectivity index (χ1) is 9.65. The summed E-state index contributed by atoms with van der Waals surface area (Å²) in [6, 6.07) is 4.01. The molecule has 0 saturated carbocycles. The number of rotatable bonds is 2. The van der Waals surface area contributed by atoms with Crippen LogP contribution in [0.15, 0.2) is 18.3 Å². The minimum absolute atomic E-state index is 0.0383. The minimum atomic E-state index is -0.137. The highest BCUT2D eigenvalue weighted by Gasteiger charge is 2.28. The van der Waals surface area contributed by atoms with Gasteiger partial charge < -0.3 is 5.32 Å². The number of amides is 1. The van der Waals surface area contributed by atoms with Gasteiger partial charge >= 0.3 is 0 Å². The Hall–Kier alpha value is -1.75. The number of aryl methyl sites for hydroxylation is 3. The molecule has 0 bridgehead atoms. The highest BCUT2D eigenvalue weighted by molar-refractivity contribution is 7.16. The standard InChI is InChI=1S/C15H17N3OS/c1-9-15(20-10(2)17-9)18-14(19)12-7-3-5-11-6-4-8-16-13(11)12/h4,6,8,12H,3,5,7H2,1-2H3,(H,18,19). The van der Waals surface area contributed by atoms with Gasteiger partial charge in [0.1, 0.15) is 5.00 Å². The van der Waals surface area contributed by atoms with Crippen LogP contribution in [0.5, 0.6) is 0 Å². The Labute approximate surface area is 122 Å². The number of aromatic nitrogens is 2. The van der Waals surface area contributed by atoms with Crippen molar-refractivity contribution in [2.75, 3.05) is 5.32 Å². The zero-order valence-corrected chi connectivity index (χ0v) is 12.5. The third-order valence-electron chi connectivity index (χ3n) is 3.65. The SMILES string of the molecule is Cc1nc(C)c(NC(=O)C2CCCc3cccnc32)s1. The maximum atomic E-state index is 12.5. The van der Waals surface area contributed by atoms with Gasteiger partial charge in [-0.05, 0) is 44.7 Å². The van der Waals surface area contributed by atoms with Gasteiger partial charge in [0, 0.05) is 6.20 Å². The van der Waals surface area contributed by atoms with Crippen molar-refractivity contribution in [3.05, 3.63) is 40.3 Å². The first-order valence-corrected chi connectivity index (χ1v) is 7.65. The van der Waals surface area contributed by atoms with Crippen molar-refractivity contribution in [3.63, 3.8) is 0 Å². The Morgan fingerprint density at radius 3 is 3.05 bits per heavy atom. The Bertz CT molecular complexity index is 650. The molecule has 0 spiro atoms. The van der Waals surface area contributed by atoms with Gasteiger partial charge in [-0.3, -0.25) is 9.78 Å². The van der Waals surface area contributed by atoms with Gasteiger partial charge in [0.25, 0.3) is 0 Å². The minimum Gasteiger partial charge on any atom is -0.316 e. The predicted octanol–water partition coefficient (Wildman–Crippen LogP) is 3.21. The number of thiazole rings is 1. The van der Waals surface area contributed by atoms with Crippen LogP contribution < -0.4 is 5.32 Å². The average molecular weight is 287 g/mol. The van der Waals surface area contributed by atoms with Crippen LogP contribution in [0.4, 0.5) is 5.00 Å². The highest BCUT2D eigenvalue weighted by Crippen LogP contribution is 2.32. The first kappa shape index (κ1) is 13.2. The van der Waals surface area contributed by atoms with E-state index in [0.29, 0.717) is 0 Å². The summed E-state index contributed by atoms with van der Waals surface area (Å²) in [6.45, 7) is 3.87. The molecule has 2 aromatic rings. The second kappa shape index (κ2) is 5.32. The van der Waals surface area contributed by atoms with Gasteiger partial charge in [0.05, 0.1) is 22.3 Å². The van der Waals surface area contributed by atoms with Crippen LogP contribution in [0, 0.1) is 13.8 Å². The van der Waals surface area contributed by atoms with E-state index in [-0.39, 0.29) is 11.8 Å². The molecular weight excluding hydrogens is 270 g/mol. The smallest absolute Gasteiger partial charge is 0.234 e. The molecule has 1 aliphatic carbocycles. The quantitative estimate of drug-likeness (QED) is 0.922. The summed E-state index contributed by atoms with van der Waals surface area (Å²) in [5.74, 6) is -0.0989. The highest BCUT2D eigenvalue weighted by atomic mass is 32.1. The van der Waals surface area contributed by atoms with Gasteiger partial charge in [-0.15, -0.1) is 11.3 Å². The zero-order valence-electron chi connectivity index (χ0n) is 11.6. The summed E-state index contributed by atoms with van der Waals surface area (Å²) in [5, 5.41) is 4.85. The molecule has 104 valence electrons. The second-order valence-corrected chi connectivity index (χ2v) is 6.33. The van der Waals surface area contributed by atoms with E-state index in [9.17, 15) is 4.79 Å². The average Bonchev–Trinajstić information content (AvgIpc) is 2.76. The Morgan fingerprint density at radius 1 is 1.45 bits per heavy atom. The Morgan fingerprint density at radius 2 is 2.30 bits per heavy atom. The molecular formula is C15H17N3OS. The predicted molar refractivity (Wildman–Crippen MR) is 80.1 cm³/mol. The van der Waals surface area contributed by atoms with Crippen molar-refractivity contribution in [1.29, 1.82) is 0 Å². The first-order valence-electron chi connectivity index (χ1n) is 6.84. The molecule has 5 heteroatoms. The molecule has 0 fully saturated rings. The summed E-state index contributed by atoms with van der Waals surface area (Å²) < 4.78 is 0. The van der Waals surface area contributed by atoms with Crippen LogP contribution >= 0.6 is 11.3 Å². The summed E-state index contributed by atoms with van der Waals surface area (Å²) in [7, 11) is 0. The summed E-state index contributed by atoms with van der Waals surface area (Å²) in [6.07, 6.45) is 4.70. The van der Waals surface area contributed by atoms with Crippen molar-refractivity contribution >= 4 is 22.2 Å². The molecule has 1 N–H and O–H groups in total. The molecule has 1 aliphatic rings. The van der Waals surface area contributed by atoms with Crippen molar-refractivity contribution in [2.45, 2.75) is 39.0 Å². The van der Waals surface area contributed by atoms with Crippen molar-refractivity contribution in [3.8, 4) is 0 Å². The lowest BCUT2D eigenvalue weighted by molar-refractivity contribution is -0.117. The molecule has 3 rings (SSSR count). The van der Waals surface area contributed by atoms with E-state index in [1.165, 1.54) is 16.9 Å². The molecule has 0 radical (unpaired) electrons. The van der Waals surface area contributed by atoms with Crippen LogP contribution in [0.3, 0.4) is 0 Å². The third-order valence-corrected chi connectivity index (χ3v) is 4.64. The third kappa shape index (κ3) is 2.45. The van der Waals surface area contributed by atoms with E-state index in [0.717, 1.165) is 40.7 Å². The van der Waals surface area contributed by atoms with E-state index < -0.39 is 0 Å². The number of anilines is 1. The lowest BCUT2D eigenvalue weighted by Crippen LogP contribution is -2.25. The summed E-state index contributed by atoms with van der Waals surface area (Å²) >= 11 is 1.52. The molecule has 4 nitrogen and oxygen atoms in total. The number of carbonyl (C=O) groups is 1. The molecule has 0 saturated heterocycles. The van der Waals surface area contributed by atoms with E-state index in [1.54, 1.807) is 6.20 Å². The van der Waals surface area contributed by atoms with E-state index in [1.807, 2.05) is 19.9 Å². The molecule has 1 unspecified atom stereocenters. The number of nitrogens with one attached hydrogen (secondary N) is 1. The van der Waals surface area contributed by atoms with E-state index in [4.69, 9.17) is 0 Å². The number of nitrogens with zero attached hydrogens (tertiary/aromatic N) is 2. The largest absolute Gasteiger partial charge is 0.316 e. The van der Waals surface area contributed by atoms with Crippen LogP contribution in [0.2, 0.25) is 0 Å². The van der Waals surface area contributed by atoms with Crippen molar-refractivity contribution in [2.24, 2.45) is 0 Å². The topological polar surface area (TPSA) is 54.9 Å². The molecule has 2 heterocycles. The molecule has 2 aromatic heterocycles. The molecule has 20 heavy (non-hydrogen) atoms. The van der Waals surface area contributed by atoms with Crippen molar-refractivity contribution in [1.82, 2.24) is 9.97 Å². The second-order valence-electron chi connectivity index (χ2n) is 5.13. The number of hydrogen-bond acceptors (Lipinski definition) is 4. The summed E-state index contributed by atoms with van der Waals surface area (Å²) in [5.41, 5.74) is 3.03. The fraction of sp³-hybridized carbons (Fsp3) is 0.400. The van der Waals surface area contributed by atoms with Crippen LogP contribution in [-0.2, 0) is 11.2 Å². The lowest BCUT2D eigenvalue weighted by Gasteiger charge is -2.23. The van der Waals surface area contributed by atoms with Gasteiger partial charge in [0.15, 0.2) is 0 Å². The van der Waals surface area contributed by atoms with Crippen molar-refractivity contribution < 1.29 is 4.79 Å². The van der Waals surface area contributed by atoms with E-state index >= 15 is 0 Å². The van der Waals surface area contributed by atoms with Gasteiger partial charge in [-0.25, -0.2) is 4.98 Å². The normalized spacial score (nSPS) is 17.6. The van der Waals surface area contributed by atoms with Gasteiger partial charge in [0.2, 0.25) is 5.91 Å². The number of fused-ring (bicyclic) bond motifs is 1.